The second kappa shape index (κ2) is 10.4. The third-order valence-corrected chi connectivity index (χ3v) is 8.67. The highest BCUT2D eigenvalue weighted by molar-refractivity contribution is 7.80. The lowest BCUT2D eigenvalue weighted by molar-refractivity contribution is 0.402. The quantitative estimate of drug-likeness (QED) is 0.271. The van der Waals surface area contributed by atoms with Gasteiger partial charge in [0.15, 0.2) is 0 Å². The fourth-order valence-electron chi connectivity index (χ4n) is 5.71. The lowest BCUT2D eigenvalue weighted by atomic mass is 10.0. The van der Waals surface area contributed by atoms with E-state index in [9.17, 15) is 0 Å². The number of hydrogen-bond acceptors (Lipinski definition) is 7. The second-order valence-electron chi connectivity index (χ2n) is 10.3. The Bertz CT molecular complexity index is 1660. The lowest BCUT2D eigenvalue weighted by Crippen LogP contribution is -2.35. The number of rotatable bonds is 7. The predicted molar refractivity (Wildman–Crippen MR) is 163 cm³/mol. The van der Waals surface area contributed by atoms with Crippen molar-refractivity contribution in [3.05, 3.63) is 76.6 Å². The van der Waals surface area contributed by atoms with Crippen LogP contribution < -0.4 is 16.4 Å². The number of hydrogen-bond donors (Lipinski definition) is 2. The number of aromatic nitrogens is 5. The largest absolute Gasteiger partial charge is 0.389 e. The molecule has 0 radical (unpaired) electrons. The number of nitrogen functional groups attached to an aromatic ring is 1. The van der Waals surface area contributed by atoms with Crippen molar-refractivity contribution in [2.45, 2.75) is 38.6 Å². The van der Waals surface area contributed by atoms with Crippen molar-refractivity contribution >= 4 is 50.4 Å². The Balaban J connectivity index is 1.34. The molecule has 0 atom stereocenters. The molecule has 1 fully saturated rings. The Morgan fingerprint density at radius 3 is 2.59 bits per heavy atom. The maximum atomic E-state index is 5.97. The molecule has 1 aliphatic rings. The molecule has 0 unspecified atom stereocenters. The summed E-state index contributed by atoms with van der Waals surface area (Å²) in [5.41, 5.74) is 18.6. The monoisotopic (exact) mass is 556 g/mol. The summed E-state index contributed by atoms with van der Waals surface area (Å²) < 4.78 is 4.49. The van der Waals surface area contributed by atoms with Crippen LogP contribution in [0.25, 0.3) is 22.0 Å². The van der Waals surface area contributed by atoms with E-state index in [4.69, 9.17) is 23.7 Å². The summed E-state index contributed by atoms with van der Waals surface area (Å²) in [6, 6.07) is 17.7. The number of nitrogens with zero attached hydrogens (tertiary/aromatic N) is 6. The summed E-state index contributed by atoms with van der Waals surface area (Å²) in [6.07, 6.45) is 6.17. The normalized spacial score (nSPS) is 14.4. The molecule has 6 rings (SSSR count). The first-order valence-corrected chi connectivity index (χ1v) is 14.5. The van der Waals surface area contributed by atoms with Crippen LogP contribution in [-0.4, -0.2) is 42.6 Å². The van der Waals surface area contributed by atoms with Crippen molar-refractivity contribution < 1.29 is 0 Å². The third-order valence-electron chi connectivity index (χ3n) is 7.63. The van der Waals surface area contributed by atoms with E-state index in [1.807, 2.05) is 30.8 Å². The predicted octanol–water partition coefficient (Wildman–Crippen LogP) is 5.04. The molecule has 1 saturated heterocycles. The topological polar surface area (TPSA) is 104 Å². The molecule has 0 bridgehead atoms. The Hall–Kier alpha value is -3.76. The van der Waals surface area contributed by atoms with E-state index < -0.39 is 0 Å². The third kappa shape index (κ3) is 5.14. The van der Waals surface area contributed by atoms with Crippen LogP contribution in [0.4, 0.5) is 10.9 Å². The van der Waals surface area contributed by atoms with Crippen LogP contribution in [0.5, 0.6) is 0 Å². The van der Waals surface area contributed by atoms with Gasteiger partial charge in [-0.15, -0.1) is 10.2 Å². The molecule has 8 nitrogen and oxygen atoms in total. The molecule has 2 aromatic carbocycles. The van der Waals surface area contributed by atoms with Crippen molar-refractivity contribution in [2.24, 2.45) is 12.8 Å². The van der Waals surface area contributed by atoms with Gasteiger partial charge in [0, 0.05) is 66.9 Å². The van der Waals surface area contributed by atoms with Gasteiger partial charge in [0.25, 0.3) is 0 Å². The van der Waals surface area contributed by atoms with Crippen LogP contribution in [0.2, 0.25) is 0 Å². The number of aryl methyl sites for hydroxylation is 4. The molecule has 0 saturated carbocycles. The first kappa shape index (κ1) is 25.5. The average Bonchev–Trinajstić information content (AvgIpc) is 3.63. The molecule has 0 amide bonds. The van der Waals surface area contributed by atoms with Crippen LogP contribution in [0.15, 0.2) is 54.7 Å². The smallest absolute Gasteiger partial charge is 0.203 e. The maximum Gasteiger partial charge on any atom is 0.203 e. The van der Waals surface area contributed by atoms with E-state index in [-0.39, 0.29) is 0 Å². The van der Waals surface area contributed by atoms with Gasteiger partial charge in [0.05, 0.1) is 5.69 Å². The molecular weight excluding hydrogens is 525 g/mol. The van der Waals surface area contributed by atoms with Gasteiger partial charge >= 0.3 is 0 Å². The van der Waals surface area contributed by atoms with Crippen molar-refractivity contribution in [1.29, 1.82) is 0 Å². The van der Waals surface area contributed by atoms with Gasteiger partial charge in [-0.05, 0) is 49.4 Å². The molecule has 10 heteroatoms. The summed E-state index contributed by atoms with van der Waals surface area (Å²) >= 11 is 6.73. The molecular formula is C29H32N8S2. The molecule has 3 aromatic heterocycles. The van der Waals surface area contributed by atoms with Crippen LogP contribution >= 0.6 is 23.6 Å². The van der Waals surface area contributed by atoms with Gasteiger partial charge in [-0.2, -0.15) is 5.10 Å². The van der Waals surface area contributed by atoms with E-state index >= 15 is 0 Å². The minimum atomic E-state index is 0.406. The van der Waals surface area contributed by atoms with Crippen LogP contribution in [-0.2, 0) is 19.9 Å². The van der Waals surface area contributed by atoms with Crippen molar-refractivity contribution in [3.8, 4) is 11.1 Å². The fraction of sp³-hybridized carbons (Fsp3) is 0.310. The zero-order valence-electron chi connectivity index (χ0n) is 22.2. The highest BCUT2D eigenvalue weighted by atomic mass is 32.1. The summed E-state index contributed by atoms with van der Waals surface area (Å²) in [5, 5.41) is 15.4. The first-order valence-electron chi connectivity index (χ1n) is 13.2. The van der Waals surface area contributed by atoms with Crippen LogP contribution in [0, 0.1) is 6.92 Å². The van der Waals surface area contributed by atoms with E-state index in [0.29, 0.717) is 16.2 Å². The van der Waals surface area contributed by atoms with Gasteiger partial charge in [-0.3, -0.25) is 4.68 Å². The minimum absolute atomic E-state index is 0.406. The van der Waals surface area contributed by atoms with E-state index in [0.717, 1.165) is 60.6 Å². The standard InChI is InChI=1S/C29H32N8S2/c1-18-14-27(35(2)34-18)36-12-10-22(11-13-36)37-17-24(20-4-3-5-21(16-20)28(30)38)23-8-6-19(15-25(23)37)7-9-26-32-33-29(31)39-26/h3-6,8,14-17,22H,7,9-13H2,1-2H3,(H2,30,38)(H2,31,33). The van der Waals surface area contributed by atoms with Crippen LogP contribution in [0.1, 0.15) is 40.7 Å². The van der Waals surface area contributed by atoms with Gasteiger partial charge in [-0.1, -0.05) is 53.9 Å². The number of piperidine rings is 1. The number of anilines is 2. The molecule has 4 heterocycles. The summed E-state index contributed by atoms with van der Waals surface area (Å²) in [5.74, 6) is 1.19. The molecule has 0 aliphatic carbocycles. The Morgan fingerprint density at radius 1 is 1.08 bits per heavy atom. The maximum absolute atomic E-state index is 5.97. The Morgan fingerprint density at radius 2 is 1.90 bits per heavy atom. The van der Waals surface area contributed by atoms with Gasteiger partial charge in [0.1, 0.15) is 15.8 Å². The Labute approximate surface area is 237 Å². The fourth-order valence-corrected chi connectivity index (χ4v) is 6.45. The van der Waals surface area contributed by atoms with Gasteiger partial charge < -0.3 is 20.9 Å². The summed E-state index contributed by atoms with van der Waals surface area (Å²) in [6.45, 7) is 4.04. The number of benzene rings is 2. The SMILES string of the molecule is Cc1cc(N2CCC(n3cc(-c4cccc(C(N)=S)c4)c4ccc(CCc5nnc(N)s5)cc43)CC2)n(C)n1. The van der Waals surface area contributed by atoms with E-state index in [1.54, 1.807) is 0 Å². The molecule has 0 spiro atoms. The van der Waals surface area contributed by atoms with Crippen LogP contribution in [0.3, 0.4) is 0 Å². The number of fused-ring (bicyclic) bond motifs is 1. The molecule has 4 N–H and O–H groups in total. The summed E-state index contributed by atoms with van der Waals surface area (Å²) in [7, 11) is 2.03. The lowest BCUT2D eigenvalue weighted by Gasteiger charge is -2.34. The summed E-state index contributed by atoms with van der Waals surface area (Å²) in [4.78, 5) is 2.87. The number of nitrogens with two attached hydrogens (primary N) is 2. The molecule has 200 valence electrons. The zero-order valence-corrected chi connectivity index (χ0v) is 23.8. The average molecular weight is 557 g/mol. The Kier molecular flexibility index (Phi) is 6.82. The van der Waals surface area contributed by atoms with E-state index in [2.05, 4.69) is 67.4 Å². The first-order chi connectivity index (χ1) is 18.9. The number of thiocarbonyl (C=S) groups is 1. The second-order valence-corrected chi connectivity index (χ2v) is 11.8. The zero-order chi connectivity index (χ0) is 27.1. The van der Waals surface area contributed by atoms with Gasteiger partial charge in [-0.25, -0.2) is 0 Å². The van der Waals surface area contributed by atoms with Crippen molar-refractivity contribution in [1.82, 2.24) is 24.5 Å². The molecule has 1 aliphatic heterocycles. The highest BCUT2D eigenvalue weighted by Crippen LogP contribution is 2.37. The highest BCUT2D eigenvalue weighted by Gasteiger charge is 2.25. The van der Waals surface area contributed by atoms with Crippen molar-refractivity contribution in [3.63, 3.8) is 0 Å². The molecule has 39 heavy (non-hydrogen) atoms. The van der Waals surface area contributed by atoms with Gasteiger partial charge in [0.2, 0.25) is 5.13 Å². The minimum Gasteiger partial charge on any atom is -0.389 e. The van der Waals surface area contributed by atoms with Crippen molar-refractivity contribution in [2.75, 3.05) is 23.7 Å². The molecule has 5 aromatic rings. The van der Waals surface area contributed by atoms with E-state index in [1.165, 1.54) is 39.2 Å².